The van der Waals surface area contributed by atoms with Crippen molar-refractivity contribution in [3.05, 3.63) is 36.5 Å². The number of allylic oxidation sites excluding steroid dienone is 1. The number of fused-ring (bicyclic) bond motifs is 2. The molecule has 0 bridgehead atoms. The van der Waals surface area contributed by atoms with Crippen LogP contribution in [0.1, 0.15) is 98.3 Å². The van der Waals surface area contributed by atoms with Crippen molar-refractivity contribution in [2.75, 3.05) is 0 Å². The summed E-state index contributed by atoms with van der Waals surface area (Å²) in [6.07, 6.45) is 18.1. The molecule has 4 aliphatic rings. The third-order valence-corrected chi connectivity index (χ3v) is 10.1. The molecular weight excluding hydrogens is 364 g/mol. The van der Waals surface area contributed by atoms with Crippen LogP contribution in [0.2, 0.25) is 0 Å². The largest absolute Gasteiger partial charge is 0.381 e. The molecule has 0 aromatic heterocycles. The molecule has 4 rings (SSSR count). The molecule has 0 heterocycles. The fourth-order valence-electron chi connectivity index (χ4n) is 8.35. The van der Waals surface area contributed by atoms with Crippen LogP contribution in [0.5, 0.6) is 0 Å². The highest BCUT2D eigenvalue weighted by Crippen LogP contribution is 2.72. The van der Waals surface area contributed by atoms with Crippen molar-refractivity contribution in [1.29, 1.82) is 0 Å². The predicted molar refractivity (Wildman–Crippen MR) is 128 cm³/mol. The van der Waals surface area contributed by atoms with Crippen molar-refractivity contribution >= 4 is 0 Å². The summed E-state index contributed by atoms with van der Waals surface area (Å²) in [6.45, 7) is 18.3. The second kappa shape index (κ2) is 7.95. The van der Waals surface area contributed by atoms with Gasteiger partial charge in [0.05, 0.1) is 0 Å². The van der Waals surface area contributed by atoms with Gasteiger partial charge in [0.2, 0.25) is 0 Å². The summed E-state index contributed by atoms with van der Waals surface area (Å²) in [7, 11) is 0. The minimum Gasteiger partial charge on any atom is -0.381 e. The normalized spacial score (nSPS) is 42.1. The maximum Gasteiger partial charge on any atom is 0.110 e. The van der Waals surface area contributed by atoms with E-state index in [4.69, 9.17) is 0 Å². The molecule has 30 heavy (non-hydrogen) atoms. The van der Waals surface area contributed by atoms with Gasteiger partial charge in [0.25, 0.3) is 0 Å². The quantitative estimate of drug-likeness (QED) is 0.404. The molecule has 1 N–H and O–H groups in total. The van der Waals surface area contributed by atoms with E-state index in [-0.39, 0.29) is 5.41 Å². The first-order chi connectivity index (χ1) is 14.2. The molecule has 0 aliphatic heterocycles. The zero-order chi connectivity index (χ0) is 21.7. The molecule has 1 nitrogen and oxygen atoms in total. The Hall–Kier alpha value is -0.820. The lowest BCUT2D eigenvalue weighted by atomic mass is 9.60. The molecule has 2 unspecified atom stereocenters. The number of aliphatic hydroxyl groups is 1. The van der Waals surface area contributed by atoms with Crippen LogP contribution in [0.3, 0.4) is 0 Å². The Balaban J connectivity index is 1.54. The van der Waals surface area contributed by atoms with Gasteiger partial charge in [0.15, 0.2) is 0 Å². The SMILES string of the molecule is C=C[C@](O)(/C=C1\CCC[C@]2(C)[C@@H]([C@H](C)CCCC(C)C)CC[C@@H]12)C12CC1CCC2=C. The fourth-order valence-corrected chi connectivity index (χ4v) is 8.35. The number of rotatable bonds is 8. The second-order valence-corrected chi connectivity index (χ2v) is 12.2. The van der Waals surface area contributed by atoms with Crippen molar-refractivity contribution in [3.8, 4) is 0 Å². The van der Waals surface area contributed by atoms with E-state index in [0.717, 1.165) is 37.0 Å². The van der Waals surface area contributed by atoms with Crippen molar-refractivity contribution in [3.63, 3.8) is 0 Å². The lowest BCUT2D eigenvalue weighted by Gasteiger charge is -2.45. The zero-order valence-electron chi connectivity index (χ0n) is 20.2. The molecule has 4 aliphatic carbocycles. The van der Waals surface area contributed by atoms with E-state index in [1.54, 1.807) is 5.57 Å². The summed E-state index contributed by atoms with van der Waals surface area (Å²) >= 11 is 0. The van der Waals surface area contributed by atoms with Gasteiger partial charge >= 0.3 is 0 Å². The minimum absolute atomic E-state index is 0.0995. The van der Waals surface area contributed by atoms with Crippen LogP contribution in [0.4, 0.5) is 0 Å². The summed E-state index contributed by atoms with van der Waals surface area (Å²) in [6, 6.07) is 0. The highest BCUT2D eigenvalue weighted by atomic mass is 16.3. The van der Waals surface area contributed by atoms with Gasteiger partial charge in [-0.3, -0.25) is 0 Å². The van der Waals surface area contributed by atoms with Gasteiger partial charge in [0.1, 0.15) is 5.60 Å². The van der Waals surface area contributed by atoms with Crippen molar-refractivity contribution in [2.45, 2.75) is 104 Å². The Morgan fingerprint density at radius 1 is 1.17 bits per heavy atom. The lowest BCUT2D eigenvalue weighted by Crippen LogP contribution is -2.40. The monoisotopic (exact) mass is 410 g/mol. The Labute approximate surface area is 186 Å². The maximum atomic E-state index is 11.8. The summed E-state index contributed by atoms with van der Waals surface area (Å²) in [5.74, 6) is 3.75. The summed E-state index contributed by atoms with van der Waals surface area (Å²) in [5.41, 5.74) is 2.24. The van der Waals surface area contributed by atoms with Crippen LogP contribution in [0, 0.1) is 40.4 Å². The van der Waals surface area contributed by atoms with Crippen LogP contribution in [0.25, 0.3) is 0 Å². The molecular formula is C29H46O. The van der Waals surface area contributed by atoms with Crippen molar-refractivity contribution < 1.29 is 5.11 Å². The smallest absolute Gasteiger partial charge is 0.110 e. The van der Waals surface area contributed by atoms with E-state index in [1.165, 1.54) is 56.9 Å². The van der Waals surface area contributed by atoms with E-state index in [1.807, 2.05) is 6.08 Å². The second-order valence-electron chi connectivity index (χ2n) is 12.2. The fraction of sp³-hybridized carbons (Fsp3) is 0.793. The number of hydrogen-bond acceptors (Lipinski definition) is 1. The van der Waals surface area contributed by atoms with Gasteiger partial charge < -0.3 is 5.11 Å². The topological polar surface area (TPSA) is 20.2 Å². The first-order valence-electron chi connectivity index (χ1n) is 12.9. The molecule has 4 fully saturated rings. The Morgan fingerprint density at radius 3 is 2.53 bits per heavy atom. The first kappa shape index (κ1) is 22.4. The molecule has 0 aromatic carbocycles. The predicted octanol–water partition coefficient (Wildman–Crippen LogP) is 7.87. The average molecular weight is 411 g/mol. The molecule has 0 spiro atoms. The van der Waals surface area contributed by atoms with Crippen molar-refractivity contribution in [1.82, 2.24) is 0 Å². The highest BCUT2D eigenvalue weighted by Gasteiger charge is 2.68. The van der Waals surface area contributed by atoms with E-state index < -0.39 is 5.60 Å². The Morgan fingerprint density at radius 2 is 1.93 bits per heavy atom. The van der Waals surface area contributed by atoms with Gasteiger partial charge in [0, 0.05) is 5.41 Å². The van der Waals surface area contributed by atoms with E-state index in [0.29, 0.717) is 17.3 Å². The van der Waals surface area contributed by atoms with Gasteiger partial charge in [-0.15, -0.1) is 0 Å². The van der Waals surface area contributed by atoms with Crippen LogP contribution < -0.4 is 0 Å². The average Bonchev–Trinajstić information content (AvgIpc) is 3.21. The van der Waals surface area contributed by atoms with E-state index >= 15 is 0 Å². The molecule has 1 heteroatoms. The summed E-state index contributed by atoms with van der Waals surface area (Å²) in [5, 5.41) is 11.8. The molecule has 0 aromatic rings. The summed E-state index contributed by atoms with van der Waals surface area (Å²) < 4.78 is 0. The lowest BCUT2D eigenvalue weighted by molar-refractivity contribution is 0.0665. The molecule has 0 amide bonds. The maximum absolute atomic E-state index is 11.8. The molecule has 0 saturated heterocycles. The van der Waals surface area contributed by atoms with Crippen molar-refractivity contribution in [2.24, 2.45) is 40.4 Å². The van der Waals surface area contributed by atoms with Crippen LogP contribution >= 0.6 is 0 Å². The summed E-state index contributed by atoms with van der Waals surface area (Å²) in [4.78, 5) is 0. The molecule has 0 radical (unpaired) electrons. The third-order valence-electron chi connectivity index (χ3n) is 10.1. The van der Waals surface area contributed by atoms with Gasteiger partial charge in [-0.05, 0) is 92.4 Å². The van der Waals surface area contributed by atoms with Crippen LogP contribution in [-0.2, 0) is 0 Å². The standard InChI is InChI=1S/C29H46O/c1-7-28(30,29-19-24(29)14-13-22(29)5)18-23-12-9-17-27(6)25(15-16-26(23)27)21(4)11-8-10-20(2)3/h7,18,20-21,24-26,30H,1,5,8-17,19H2,2-4,6H3/b23-18+/t21-,24?,25-,26+,27-,28+,29?/m1/s1. The molecule has 168 valence electrons. The highest BCUT2D eigenvalue weighted by molar-refractivity contribution is 5.42. The minimum atomic E-state index is -0.889. The Kier molecular flexibility index (Phi) is 5.93. The molecule has 4 saturated carbocycles. The van der Waals surface area contributed by atoms with Gasteiger partial charge in [-0.25, -0.2) is 0 Å². The Bertz CT molecular complexity index is 716. The van der Waals surface area contributed by atoms with E-state index in [2.05, 4.69) is 46.9 Å². The molecule has 7 atom stereocenters. The van der Waals surface area contributed by atoms with Crippen LogP contribution in [0.15, 0.2) is 36.5 Å². The first-order valence-corrected chi connectivity index (χ1v) is 12.9. The van der Waals surface area contributed by atoms with E-state index in [9.17, 15) is 5.11 Å². The third kappa shape index (κ3) is 3.39. The van der Waals surface area contributed by atoms with Crippen LogP contribution in [-0.4, -0.2) is 10.7 Å². The van der Waals surface area contributed by atoms with Gasteiger partial charge in [-0.2, -0.15) is 0 Å². The number of hydrogen-bond donors (Lipinski definition) is 1. The zero-order valence-corrected chi connectivity index (χ0v) is 20.2. The van der Waals surface area contributed by atoms with Gasteiger partial charge in [-0.1, -0.05) is 77.3 Å².